The second-order valence-electron chi connectivity index (χ2n) is 6.23. The van der Waals surface area contributed by atoms with Gasteiger partial charge in [-0.3, -0.25) is 0 Å². The molecule has 4 N–H and O–H groups in total. The normalized spacial score (nSPS) is 13.0. The summed E-state index contributed by atoms with van der Waals surface area (Å²) in [6.07, 6.45) is 0. The number of carbonyl (C=O) groups is 1. The van der Waals surface area contributed by atoms with Crippen LogP contribution >= 0.6 is 0 Å². The Labute approximate surface area is 157 Å². The van der Waals surface area contributed by atoms with E-state index in [2.05, 4.69) is 10.5 Å². The molecule has 0 saturated carbocycles. The summed E-state index contributed by atoms with van der Waals surface area (Å²) in [5.74, 6) is -0.407. The molecule has 10 heteroatoms. The molecule has 1 aliphatic heterocycles. The number of aromatic hydroxyl groups is 1. The number of rotatable bonds is 4. The molecule has 0 aliphatic carbocycles. The third-order valence-electron chi connectivity index (χ3n) is 4.45. The number of halogens is 1. The maximum atomic E-state index is 14.0. The van der Waals surface area contributed by atoms with E-state index in [9.17, 15) is 19.2 Å². The quantitative estimate of drug-likeness (QED) is 0.593. The van der Waals surface area contributed by atoms with Gasteiger partial charge in [-0.25, -0.2) is 9.18 Å². The summed E-state index contributed by atoms with van der Waals surface area (Å²) in [5.41, 5.74) is 6.75. The molecule has 0 atom stereocenters. The second-order valence-corrected chi connectivity index (χ2v) is 6.23. The Hall–Kier alpha value is -3.66. The van der Waals surface area contributed by atoms with Crippen LogP contribution < -0.4 is 15.8 Å². The number of anilines is 1. The van der Waals surface area contributed by atoms with Gasteiger partial charge in [-0.05, 0) is 35.5 Å². The van der Waals surface area contributed by atoms with E-state index in [1.807, 2.05) is 0 Å². The van der Waals surface area contributed by atoms with Gasteiger partial charge in [-0.15, -0.1) is 4.91 Å². The van der Waals surface area contributed by atoms with Crippen molar-refractivity contribution in [1.82, 2.24) is 4.57 Å². The van der Waals surface area contributed by atoms with E-state index >= 15 is 0 Å². The second kappa shape index (κ2) is 6.82. The number of nitrogens with one attached hydrogen (secondary N) is 1. The van der Waals surface area contributed by atoms with E-state index in [1.54, 1.807) is 0 Å². The summed E-state index contributed by atoms with van der Waals surface area (Å²) in [4.78, 5) is 22.4. The van der Waals surface area contributed by atoms with Crippen LogP contribution in [0.25, 0.3) is 10.9 Å². The number of urea groups is 1. The number of aromatic nitrogens is 1. The molecule has 0 unspecified atom stereocenters. The van der Waals surface area contributed by atoms with Crippen molar-refractivity contribution in [3.05, 3.63) is 52.2 Å². The molecule has 2 amide bonds. The van der Waals surface area contributed by atoms with Gasteiger partial charge in [0.2, 0.25) is 5.88 Å². The largest absolute Gasteiger partial charge is 0.493 e. The fraction of sp³-hybridized carbons (Fsp3) is 0.167. The Morgan fingerprint density at radius 3 is 2.93 bits per heavy atom. The smallest absolute Gasteiger partial charge is 0.316 e. The van der Waals surface area contributed by atoms with Crippen LogP contribution in [-0.4, -0.2) is 22.5 Å². The van der Waals surface area contributed by atoms with Crippen LogP contribution in [0.2, 0.25) is 0 Å². The SMILES string of the molecule is NC(=O)Nc1ccc2c(N=O)c(O)n(Cc3cc(F)cc4c3OCOC4)c2c1. The number of nitrogens with two attached hydrogens (primary N) is 1. The van der Waals surface area contributed by atoms with Gasteiger partial charge >= 0.3 is 6.03 Å². The number of carbonyl (C=O) groups excluding carboxylic acids is 1. The van der Waals surface area contributed by atoms with Crippen LogP contribution in [0.4, 0.5) is 20.6 Å². The molecular formula is C18H15FN4O5. The number of primary amides is 1. The zero-order valence-corrected chi connectivity index (χ0v) is 14.4. The molecule has 0 fully saturated rings. The molecule has 28 heavy (non-hydrogen) atoms. The molecule has 0 saturated heterocycles. The van der Waals surface area contributed by atoms with Crippen LogP contribution in [0, 0.1) is 10.7 Å². The first-order valence-electron chi connectivity index (χ1n) is 8.25. The van der Waals surface area contributed by atoms with Crippen LogP contribution in [0.1, 0.15) is 11.1 Å². The molecule has 2 heterocycles. The first kappa shape index (κ1) is 17.7. The van der Waals surface area contributed by atoms with Crippen molar-refractivity contribution in [3.63, 3.8) is 0 Å². The van der Waals surface area contributed by atoms with Gasteiger partial charge in [0, 0.05) is 22.2 Å². The third kappa shape index (κ3) is 2.99. The Bertz CT molecular complexity index is 1110. The molecular weight excluding hydrogens is 371 g/mol. The lowest BCUT2D eigenvalue weighted by Gasteiger charge is -2.21. The minimum absolute atomic E-state index is 0.00201. The van der Waals surface area contributed by atoms with Crippen molar-refractivity contribution < 1.29 is 23.8 Å². The van der Waals surface area contributed by atoms with Crippen molar-refractivity contribution in [1.29, 1.82) is 0 Å². The molecule has 2 aromatic carbocycles. The summed E-state index contributed by atoms with van der Waals surface area (Å²) >= 11 is 0. The van der Waals surface area contributed by atoms with E-state index in [-0.39, 0.29) is 31.5 Å². The zero-order chi connectivity index (χ0) is 19.8. The third-order valence-corrected chi connectivity index (χ3v) is 4.45. The van der Waals surface area contributed by atoms with Gasteiger partial charge in [-0.1, -0.05) is 0 Å². The molecule has 3 aromatic rings. The number of hydrogen-bond donors (Lipinski definition) is 3. The molecule has 4 rings (SSSR count). The predicted octanol–water partition coefficient (Wildman–Crippen LogP) is 3.29. The first-order valence-corrected chi connectivity index (χ1v) is 8.25. The number of nitroso groups, excluding NO2 is 1. The molecule has 0 radical (unpaired) electrons. The van der Waals surface area contributed by atoms with Crippen molar-refractivity contribution in [2.24, 2.45) is 10.9 Å². The lowest BCUT2D eigenvalue weighted by molar-refractivity contribution is -0.0173. The highest BCUT2D eigenvalue weighted by Gasteiger charge is 2.22. The van der Waals surface area contributed by atoms with Gasteiger partial charge in [0.15, 0.2) is 12.5 Å². The van der Waals surface area contributed by atoms with Crippen LogP contribution in [-0.2, 0) is 17.9 Å². The van der Waals surface area contributed by atoms with Gasteiger partial charge in [0.1, 0.15) is 11.6 Å². The van der Waals surface area contributed by atoms with Crippen LogP contribution in [0.3, 0.4) is 0 Å². The fourth-order valence-corrected chi connectivity index (χ4v) is 3.33. The number of amides is 2. The fourth-order valence-electron chi connectivity index (χ4n) is 3.33. The highest BCUT2D eigenvalue weighted by molar-refractivity contribution is 5.98. The van der Waals surface area contributed by atoms with Crippen molar-refractivity contribution >= 4 is 28.3 Å². The van der Waals surface area contributed by atoms with Crippen molar-refractivity contribution in [2.75, 3.05) is 12.1 Å². The van der Waals surface area contributed by atoms with Gasteiger partial charge in [-0.2, -0.15) is 0 Å². The van der Waals surface area contributed by atoms with Crippen molar-refractivity contribution in [2.45, 2.75) is 13.2 Å². The average molecular weight is 386 g/mol. The molecule has 1 aliphatic rings. The summed E-state index contributed by atoms with van der Waals surface area (Å²) in [5, 5.41) is 16.2. The number of nitrogens with zero attached hydrogens (tertiary/aromatic N) is 2. The highest BCUT2D eigenvalue weighted by Crippen LogP contribution is 2.41. The Morgan fingerprint density at radius 2 is 2.18 bits per heavy atom. The minimum Gasteiger partial charge on any atom is -0.493 e. The number of hydrogen-bond acceptors (Lipinski definition) is 6. The summed E-state index contributed by atoms with van der Waals surface area (Å²) in [6.45, 7) is 0.224. The van der Waals surface area contributed by atoms with E-state index in [0.29, 0.717) is 33.5 Å². The molecule has 144 valence electrons. The van der Waals surface area contributed by atoms with Gasteiger partial charge in [0.25, 0.3) is 0 Å². The Morgan fingerprint density at radius 1 is 1.36 bits per heavy atom. The highest BCUT2D eigenvalue weighted by atomic mass is 19.1. The monoisotopic (exact) mass is 386 g/mol. The molecule has 9 nitrogen and oxygen atoms in total. The topological polar surface area (TPSA) is 128 Å². The number of fused-ring (bicyclic) bond motifs is 2. The maximum Gasteiger partial charge on any atom is 0.316 e. The van der Waals surface area contributed by atoms with E-state index in [0.717, 1.165) is 0 Å². The van der Waals surface area contributed by atoms with Crippen molar-refractivity contribution in [3.8, 4) is 11.6 Å². The molecule has 1 aromatic heterocycles. The summed E-state index contributed by atoms with van der Waals surface area (Å²) in [6, 6.07) is 6.43. The van der Waals surface area contributed by atoms with Gasteiger partial charge < -0.3 is 30.2 Å². The lowest BCUT2D eigenvalue weighted by Crippen LogP contribution is -2.19. The number of ether oxygens (including phenoxy) is 2. The summed E-state index contributed by atoms with van der Waals surface area (Å²) in [7, 11) is 0. The molecule has 0 spiro atoms. The maximum absolute atomic E-state index is 14.0. The molecule has 0 bridgehead atoms. The minimum atomic E-state index is -0.761. The van der Waals surface area contributed by atoms with E-state index in [1.165, 1.54) is 34.9 Å². The summed E-state index contributed by atoms with van der Waals surface area (Å²) < 4.78 is 26.1. The van der Waals surface area contributed by atoms with Crippen LogP contribution in [0.5, 0.6) is 11.6 Å². The predicted molar refractivity (Wildman–Crippen MR) is 98.0 cm³/mol. The zero-order valence-electron chi connectivity index (χ0n) is 14.4. The van der Waals surface area contributed by atoms with E-state index in [4.69, 9.17) is 15.2 Å². The lowest BCUT2D eigenvalue weighted by atomic mass is 10.1. The Kier molecular flexibility index (Phi) is 4.32. The van der Waals surface area contributed by atoms with E-state index < -0.39 is 11.8 Å². The number of benzene rings is 2. The standard InChI is InChI=1S/C18H15FN4O5/c19-11-3-9(16-10(4-11)7-27-8-28-16)6-23-14-5-12(21-18(20)25)1-2-13(14)15(22-26)17(23)24/h1-5,24H,6-8H2,(H3,20,21,25). The Balaban J connectivity index is 1.86. The average Bonchev–Trinajstić information content (AvgIpc) is 2.92. The first-order chi connectivity index (χ1) is 13.5. The van der Waals surface area contributed by atoms with Gasteiger partial charge in [0.05, 0.1) is 18.7 Å². The van der Waals surface area contributed by atoms with Crippen LogP contribution in [0.15, 0.2) is 35.5 Å².